The van der Waals surface area contributed by atoms with Crippen LogP contribution in [0.15, 0.2) is 30.5 Å². The molecule has 1 aromatic heterocycles. The predicted octanol–water partition coefficient (Wildman–Crippen LogP) is 2.62. The maximum absolute atomic E-state index is 11.6. The number of fused-ring (bicyclic) bond motifs is 1. The van der Waals surface area contributed by atoms with Crippen LogP contribution in [0.3, 0.4) is 0 Å². The normalized spacial score (nSPS) is 13.1. The van der Waals surface area contributed by atoms with Crippen LogP contribution in [0.1, 0.15) is 26.3 Å². The lowest BCUT2D eigenvalue weighted by atomic mass is 10.00. The van der Waals surface area contributed by atoms with Crippen LogP contribution in [0.4, 0.5) is 0 Å². The molecule has 23 heavy (non-hydrogen) atoms. The van der Waals surface area contributed by atoms with Crippen LogP contribution in [0.25, 0.3) is 16.5 Å². The third-order valence-corrected chi connectivity index (χ3v) is 3.53. The Balaban J connectivity index is 2.49. The molecule has 0 fully saturated rings. The van der Waals surface area contributed by atoms with Gasteiger partial charge in [0.25, 0.3) is 0 Å². The lowest BCUT2D eigenvalue weighted by Gasteiger charge is -2.30. The minimum atomic E-state index is -0.822. The largest absolute Gasteiger partial charge is 0.350 e. The molecule has 5 nitrogen and oxygen atoms in total. The number of aryl methyl sites for hydroxylation is 1. The molecule has 1 unspecified atom stereocenters. The topological polar surface area (TPSA) is 51.5 Å². The summed E-state index contributed by atoms with van der Waals surface area (Å²) in [6.45, 7) is 5.65. The first-order chi connectivity index (χ1) is 10.8. The summed E-state index contributed by atoms with van der Waals surface area (Å²) in [4.78, 5) is 28.9. The zero-order chi connectivity index (χ0) is 17.2. The standard InChI is InChI=1S/C18H22N2O3/c1-18(2,3)23-20(5)17(12-22)15(11-21)14-10-19(4)16-9-7-6-8-13(14)16/h6-10,12,17H,1-5H3. The molecule has 0 saturated heterocycles. The van der Waals surface area contributed by atoms with Gasteiger partial charge in [0.2, 0.25) is 0 Å². The fraction of sp³-hybridized carbons (Fsp3) is 0.389. The molecule has 2 aromatic rings. The third-order valence-electron chi connectivity index (χ3n) is 3.53. The Bertz CT molecular complexity index is 764. The van der Waals surface area contributed by atoms with Crippen molar-refractivity contribution in [1.29, 1.82) is 0 Å². The van der Waals surface area contributed by atoms with Crippen LogP contribution in [0.2, 0.25) is 0 Å². The smallest absolute Gasteiger partial charge is 0.144 e. The van der Waals surface area contributed by atoms with Crippen molar-refractivity contribution in [3.63, 3.8) is 0 Å². The first kappa shape index (κ1) is 17.2. The molecule has 0 amide bonds. The van der Waals surface area contributed by atoms with E-state index < -0.39 is 11.6 Å². The molecule has 1 heterocycles. The van der Waals surface area contributed by atoms with Crippen molar-refractivity contribution in [3.05, 3.63) is 36.0 Å². The number of aldehydes is 1. The van der Waals surface area contributed by atoms with E-state index in [1.165, 1.54) is 5.06 Å². The van der Waals surface area contributed by atoms with Crippen molar-refractivity contribution < 1.29 is 14.4 Å². The molecule has 0 saturated carbocycles. The zero-order valence-electron chi connectivity index (χ0n) is 14.2. The molecule has 0 radical (unpaired) electrons. The van der Waals surface area contributed by atoms with E-state index in [0.717, 1.165) is 10.9 Å². The van der Waals surface area contributed by atoms with E-state index in [4.69, 9.17) is 4.84 Å². The second kappa shape index (κ2) is 6.50. The van der Waals surface area contributed by atoms with E-state index in [2.05, 4.69) is 0 Å². The molecule has 0 aliphatic carbocycles. The molecule has 0 N–H and O–H groups in total. The van der Waals surface area contributed by atoms with Gasteiger partial charge in [-0.1, -0.05) is 18.2 Å². The third kappa shape index (κ3) is 3.59. The van der Waals surface area contributed by atoms with Gasteiger partial charge in [-0.2, -0.15) is 5.06 Å². The summed E-state index contributed by atoms with van der Waals surface area (Å²) in [7, 11) is 3.55. The van der Waals surface area contributed by atoms with E-state index in [9.17, 15) is 9.59 Å². The second-order valence-electron chi connectivity index (χ2n) is 6.52. The molecule has 0 aliphatic rings. The van der Waals surface area contributed by atoms with Crippen LogP contribution in [0, 0.1) is 0 Å². The van der Waals surface area contributed by atoms with Gasteiger partial charge in [0, 0.05) is 36.8 Å². The highest BCUT2D eigenvalue weighted by Crippen LogP contribution is 2.29. The summed E-state index contributed by atoms with van der Waals surface area (Å²) in [5, 5.41) is 2.32. The van der Waals surface area contributed by atoms with Crippen LogP contribution >= 0.6 is 0 Å². The van der Waals surface area contributed by atoms with Crippen LogP contribution < -0.4 is 0 Å². The van der Waals surface area contributed by atoms with Crippen molar-refractivity contribution in [2.75, 3.05) is 7.05 Å². The lowest BCUT2D eigenvalue weighted by Crippen LogP contribution is -2.40. The van der Waals surface area contributed by atoms with E-state index in [1.54, 1.807) is 7.05 Å². The molecule has 1 atom stereocenters. The number of rotatable bonds is 5. The number of benzene rings is 1. The Kier molecular flexibility index (Phi) is 4.85. The molecule has 0 spiro atoms. The van der Waals surface area contributed by atoms with E-state index in [0.29, 0.717) is 11.8 Å². The molecule has 0 aliphatic heterocycles. The van der Waals surface area contributed by atoms with E-state index in [-0.39, 0.29) is 5.57 Å². The van der Waals surface area contributed by atoms with Gasteiger partial charge in [0.1, 0.15) is 18.3 Å². The highest BCUT2D eigenvalue weighted by molar-refractivity contribution is 6.05. The predicted molar refractivity (Wildman–Crippen MR) is 90.5 cm³/mol. The van der Waals surface area contributed by atoms with Crippen molar-refractivity contribution in [2.45, 2.75) is 32.4 Å². The van der Waals surface area contributed by atoms with Gasteiger partial charge in [-0.25, -0.2) is 4.79 Å². The molecule has 2 rings (SSSR count). The number of aromatic nitrogens is 1. The Hall–Kier alpha value is -2.20. The van der Waals surface area contributed by atoms with Gasteiger partial charge < -0.3 is 9.36 Å². The van der Waals surface area contributed by atoms with Crippen molar-refractivity contribution >= 4 is 28.7 Å². The molecule has 1 aromatic carbocycles. The highest BCUT2D eigenvalue weighted by atomic mass is 16.7. The number of hydroxylamine groups is 2. The summed E-state index contributed by atoms with van der Waals surface area (Å²) >= 11 is 0. The number of likely N-dealkylation sites (N-methyl/N-ethyl adjacent to an activating group) is 1. The Morgan fingerprint density at radius 3 is 2.57 bits per heavy atom. The number of hydrogen-bond donors (Lipinski definition) is 0. The van der Waals surface area contributed by atoms with E-state index in [1.807, 2.05) is 68.8 Å². The SMILES string of the molecule is CN(OC(C)(C)C)C(C=O)C(=C=O)c1cn(C)c2ccccc12. The first-order valence-electron chi connectivity index (χ1n) is 7.45. The van der Waals surface area contributed by atoms with E-state index >= 15 is 0 Å². The monoisotopic (exact) mass is 314 g/mol. The lowest BCUT2D eigenvalue weighted by molar-refractivity contribution is -0.221. The van der Waals surface area contributed by atoms with Gasteiger partial charge >= 0.3 is 0 Å². The van der Waals surface area contributed by atoms with Crippen molar-refractivity contribution in [1.82, 2.24) is 9.63 Å². The van der Waals surface area contributed by atoms with Crippen LogP contribution in [0.5, 0.6) is 0 Å². The summed E-state index contributed by atoms with van der Waals surface area (Å²) in [6, 6.07) is 6.90. The number of carbonyl (C=O) groups is 1. The summed E-state index contributed by atoms with van der Waals surface area (Å²) in [6.07, 6.45) is 2.54. The average molecular weight is 314 g/mol. The summed E-state index contributed by atoms with van der Waals surface area (Å²) in [5.74, 6) is 1.94. The Labute approximate surface area is 136 Å². The van der Waals surface area contributed by atoms with Gasteiger partial charge in [0.15, 0.2) is 0 Å². The van der Waals surface area contributed by atoms with Gasteiger partial charge in [0.05, 0.1) is 11.2 Å². The maximum Gasteiger partial charge on any atom is 0.144 e. The number of para-hydroxylation sites is 1. The maximum atomic E-state index is 11.6. The fourth-order valence-corrected chi connectivity index (χ4v) is 2.66. The molecular formula is C18H22N2O3. The summed E-state index contributed by atoms with van der Waals surface area (Å²) in [5.41, 5.74) is 1.48. The minimum absolute atomic E-state index is 0.267. The van der Waals surface area contributed by atoms with Crippen LogP contribution in [-0.2, 0) is 21.5 Å². The highest BCUT2D eigenvalue weighted by Gasteiger charge is 2.27. The fourth-order valence-electron chi connectivity index (χ4n) is 2.66. The molecule has 5 heteroatoms. The molecular weight excluding hydrogens is 292 g/mol. The quantitative estimate of drug-likeness (QED) is 0.484. The van der Waals surface area contributed by atoms with Gasteiger partial charge in [-0.05, 0) is 26.8 Å². The Morgan fingerprint density at radius 1 is 1.35 bits per heavy atom. The Morgan fingerprint density at radius 2 is 2.00 bits per heavy atom. The summed E-state index contributed by atoms with van der Waals surface area (Å²) < 4.78 is 1.93. The number of nitrogens with zero attached hydrogens (tertiary/aromatic N) is 2. The van der Waals surface area contributed by atoms with Gasteiger partial charge in [-0.3, -0.25) is 4.84 Å². The zero-order valence-corrected chi connectivity index (χ0v) is 14.2. The van der Waals surface area contributed by atoms with Crippen LogP contribution in [-0.4, -0.2) is 40.5 Å². The minimum Gasteiger partial charge on any atom is -0.350 e. The van der Waals surface area contributed by atoms with Gasteiger partial charge in [-0.15, -0.1) is 0 Å². The average Bonchev–Trinajstić information content (AvgIpc) is 2.80. The number of carbonyl (C=O) groups excluding carboxylic acids is 2. The van der Waals surface area contributed by atoms with Crippen molar-refractivity contribution in [3.8, 4) is 0 Å². The first-order valence-corrected chi connectivity index (χ1v) is 7.45. The number of hydrogen-bond acceptors (Lipinski definition) is 4. The molecule has 122 valence electrons. The van der Waals surface area contributed by atoms with Crippen molar-refractivity contribution in [2.24, 2.45) is 7.05 Å². The molecule has 0 bridgehead atoms. The second-order valence-corrected chi connectivity index (χ2v) is 6.52.